The van der Waals surface area contributed by atoms with Crippen molar-refractivity contribution in [2.75, 3.05) is 6.61 Å². The fraction of sp³-hybridized carbons (Fsp3) is 0.125. The number of carbonyl (C=O) groups is 1. The van der Waals surface area contributed by atoms with Gasteiger partial charge in [0, 0.05) is 4.47 Å². The van der Waals surface area contributed by atoms with E-state index in [2.05, 4.69) is 15.9 Å². The van der Waals surface area contributed by atoms with Crippen LogP contribution in [-0.4, -0.2) is 12.6 Å². The SMILES string of the molecule is O=C([O-])COc1cccc(Br)c1.[K+]. The zero-order valence-electron chi connectivity index (χ0n) is 7.12. The van der Waals surface area contributed by atoms with E-state index in [1.165, 1.54) is 0 Å². The van der Waals surface area contributed by atoms with Crippen LogP contribution in [0.4, 0.5) is 0 Å². The molecule has 0 aromatic heterocycles. The van der Waals surface area contributed by atoms with Crippen molar-refractivity contribution >= 4 is 21.9 Å². The fourth-order valence-electron chi connectivity index (χ4n) is 0.699. The summed E-state index contributed by atoms with van der Waals surface area (Å²) in [5.74, 6) is -0.719. The molecule has 0 bridgehead atoms. The second-order valence-corrected chi connectivity index (χ2v) is 3.03. The molecule has 0 radical (unpaired) electrons. The summed E-state index contributed by atoms with van der Waals surface area (Å²) in [6.07, 6.45) is 0. The second-order valence-electron chi connectivity index (χ2n) is 2.12. The van der Waals surface area contributed by atoms with Crippen LogP contribution >= 0.6 is 15.9 Å². The molecule has 0 aliphatic rings. The Morgan fingerprint density at radius 2 is 2.23 bits per heavy atom. The van der Waals surface area contributed by atoms with E-state index in [1.54, 1.807) is 18.2 Å². The van der Waals surface area contributed by atoms with E-state index in [-0.39, 0.29) is 51.4 Å². The van der Waals surface area contributed by atoms with Gasteiger partial charge in [0.2, 0.25) is 0 Å². The van der Waals surface area contributed by atoms with Gasteiger partial charge >= 0.3 is 51.4 Å². The molecule has 0 fully saturated rings. The molecule has 0 saturated heterocycles. The molecule has 1 rings (SSSR count). The monoisotopic (exact) mass is 268 g/mol. The summed E-state index contributed by atoms with van der Waals surface area (Å²) < 4.78 is 5.70. The molecule has 0 amide bonds. The molecule has 1 aromatic rings. The molecular weight excluding hydrogens is 263 g/mol. The van der Waals surface area contributed by atoms with Crippen LogP contribution in [0, 0.1) is 0 Å². The van der Waals surface area contributed by atoms with Crippen molar-refractivity contribution in [2.24, 2.45) is 0 Å². The quantitative estimate of drug-likeness (QED) is 0.574. The van der Waals surface area contributed by atoms with Gasteiger partial charge in [-0.3, -0.25) is 0 Å². The summed E-state index contributed by atoms with van der Waals surface area (Å²) >= 11 is 3.23. The molecule has 0 aliphatic heterocycles. The summed E-state index contributed by atoms with van der Waals surface area (Å²) in [4.78, 5) is 10.0. The average Bonchev–Trinajstić information content (AvgIpc) is 2.01. The maximum absolute atomic E-state index is 10.0. The number of carboxylic acids is 1. The van der Waals surface area contributed by atoms with Crippen molar-refractivity contribution in [3.63, 3.8) is 0 Å². The number of carboxylic acid groups (broad SMARTS) is 1. The maximum atomic E-state index is 10.0. The van der Waals surface area contributed by atoms with Gasteiger partial charge in [-0.1, -0.05) is 22.0 Å². The largest absolute Gasteiger partial charge is 1.00 e. The van der Waals surface area contributed by atoms with E-state index in [1.807, 2.05) is 6.07 Å². The Bertz CT molecular complexity index is 290. The molecule has 13 heavy (non-hydrogen) atoms. The first-order valence-corrected chi connectivity index (χ1v) is 4.06. The Labute approximate surface area is 127 Å². The van der Waals surface area contributed by atoms with Gasteiger partial charge < -0.3 is 14.6 Å². The van der Waals surface area contributed by atoms with Crippen molar-refractivity contribution in [1.29, 1.82) is 0 Å². The first-order chi connectivity index (χ1) is 5.68. The van der Waals surface area contributed by atoms with Gasteiger partial charge in [-0.05, 0) is 18.2 Å². The summed E-state index contributed by atoms with van der Waals surface area (Å²) in [5.41, 5.74) is 0. The smallest absolute Gasteiger partial charge is 0.546 e. The molecule has 0 unspecified atom stereocenters. The Morgan fingerprint density at radius 1 is 1.54 bits per heavy atom. The van der Waals surface area contributed by atoms with Crippen LogP contribution in [-0.2, 0) is 4.79 Å². The molecule has 3 nitrogen and oxygen atoms in total. The van der Waals surface area contributed by atoms with Crippen LogP contribution in [0.1, 0.15) is 0 Å². The molecule has 0 saturated carbocycles. The number of carbonyl (C=O) groups excluding carboxylic acids is 1. The van der Waals surface area contributed by atoms with Crippen molar-refractivity contribution in [3.8, 4) is 5.75 Å². The third-order valence-corrected chi connectivity index (χ3v) is 1.65. The average molecular weight is 269 g/mol. The number of benzene rings is 1. The topological polar surface area (TPSA) is 49.4 Å². The molecule has 0 N–H and O–H groups in total. The number of hydrogen-bond donors (Lipinski definition) is 0. The van der Waals surface area contributed by atoms with Crippen LogP contribution in [0.2, 0.25) is 0 Å². The minimum atomic E-state index is -1.23. The minimum absolute atomic E-state index is 0. The van der Waals surface area contributed by atoms with E-state index in [0.29, 0.717) is 5.75 Å². The normalized spacial score (nSPS) is 8.69. The van der Waals surface area contributed by atoms with Gasteiger partial charge in [0.25, 0.3) is 0 Å². The molecule has 0 atom stereocenters. The summed E-state index contributed by atoms with van der Waals surface area (Å²) in [6, 6.07) is 6.94. The summed E-state index contributed by atoms with van der Waals surface area (Å²) in [7, 11) is 0. The van der Waals surface area contributed by atoms with Gasteiger partial charge in [-0.25, -0.2) is 0 Å². The van der Waals surface area contributed by atoms with Crippen molar-refractivity contribution < 1.29 is 66.0 Å². The van der Waals surface area contributed by atoms with Crippen molar-refractivity contribution in [3.05, 3.63) is 28.7 Å². The Hall–Kier alpha value is 0.606. The van der Waals surface area contributed by atoms with Crippen LogP contribution in [0.15, 0.2) is 28.7 Å². The van der Waals surface area contributed by atoms with Crippen LogP contribution in [0.5, 0.6) is 5.75 Å². The van der Waals surface area contributed by atoms with Gasteiger partial charge in [-0.15, -0.1) is 0 Å². The van der Waals surface area contributed by atoms with E-state index < -0.39 is 12.6 Å². The Kier molecular flexibility index (Phi) is 7.30. The van der Waals surface area contributed by atoms with E-state index in [9.17, 15) is 9.90 Å². The standard InChI is InChI=1S/C8H7BrO3.K/c9-6-2-1-3-7(4-6)12-5-8(10)11;/h1-4H,5H2,(H,10,11);/q;+1/p-1. The molecule has 1 aromatic carbocycles. The zero-order chi connectivity index (χ0) is 8.97. The Balaban J connectivity index is 0.00000144. The van der Waals surface area contributed by atoms with Gasteiger partial charge in [0.05, 0.1) is 5.97 Å². The van der Waals surface area contributed by atoms with Crippen LogP contribution < -0.4 is 61.2 Å². The van der Waals surface area contributed by atoms with Gasteiger partial charge in [0.15, 0.2) is 0 Å². The molecule has 64 valence electrons. The molecule has 5 heteroatoms. The predicted octanol–water partition coefficient (Wildman–Crippen LogP) is -2.42. The maximum Gasteiger partial charge on any atom is 1.00 e. The molecule has 0 heterocycles. The Morgan fingerprint density at radius 3 is 2.77 bits per heavy atom. The third kappa shape index (κ3) is 5.82. The van der Waals surface area contributed by atoms with Gasteiger partial charge in [-0.2, -0.15) is 0 Å². The number of ether oxygens (including phenoxy) is 1. The van der Waals surface area contributed by atoms with Gasteiger partial charge in [0.1, 0.15) is 12.4 Å². The summed E-state index contributed by atoms with van der Waals surface area (Å²) in [5, 5.41) is 10.0. The number of aliphatic carboxylic acids is 1. The number of hydrogen-bond acceptors (Lipinski definition) is 3. The fourth-order valence-corrected chi connectivity index (χ4v) is 1.08. The third-order valence-electron chi connectivity index (χ3n) is 1.15. The number of rotatable bonds is 3. The molecule has 0 aliphatic carbocycles. The van der Waals surface area contributed by atoms with Crippen LogP contribution in [0.25, 0.3) is 0 Å². The predicted molar refractivity (Wildman–Crippen MR) is 44.6 cm³/mol. The van der Waals surface area contributed by atoms with Crippen molar-refractivity contribution in [1.82, 2.24) is 0 Å². The summed E-state index contributed by atoms with van der Waals surface area (Å²) in [6.45, 7) is -0.420. The van der Waals surface area contributed by atoms with E-state index in [0.717, 1.165) is 4.47 Å². The number of halogens is 1. The van der Waals surface area contributed by atoms with Crippen LogP contribution in [0.3, 0.4) is 0 Å². The zero-order valence-corrected chi connectivity index (χ0v) is 11.8. The first-order valence-electron chi connectivity index (χ1n) is 3.26. The minimum Gasteiger partial charge on any atom is -0.546 e. The van der Waals surface area contributed by atoms with E-state index in [4.69, 9.17) is 4.74 Å². The van der Waals surface area contributed by atoms with E-state index >= 15 is 0 Å². The second kappa shape index (κ2) is 6.97. The van der Waals surface area contributed by atoms with Crippen molar-refractivity contribution in [2.45, 2.75) is 0 Å². The molecule has 0 spiro atoms. The first kappa shape index (κ1) is 13.6. The molecular formula is C8H6BrKO3.